The molecular formula is C31H31F2N7O. The number of carbonyl (C=O) groups is 1. The number of hydrogen-bond acceptors (Lipinski definition) is 4. The summed E-state index contributed by atoms with van der Waals surface area (Å²) in [6, 6.07) is 8.12. The first kappa shape index (κ1) is 24.8. The maximum atomic E-state index is 15.8. The molecule has 10 heteroatoms. The molecule has 0 spiro atoms. The third kappa shape index (κ3) is 4.25. The molecule has 1 amide bonds. The lowest BCUT2D eigenvalue weighted by atomic mass is 9.72. The minimum absolute atomic E-state index is 0.0455. The maximum absolute atomic E-state index is 15.8. The van der Waals surface area contributed by atoms with Crippen LogP contribution < -0.4 is 5.32 Å². The fourth-order valence-electron chi connectivity index (χ4n) is 6.75. The topological polar surface area (TPSA) is 83.8 Å². The summed E-state index contributed by atoms with van der Waals surface area (Å²) in [6.45, 7) is 3.48. The molecule has 0 radical (unpaired) electrons. The highest BCUT2D eigenvalue weighted by molar-refractivity contribution is 5.93. The van der Waals surface area contributed by atoms with Gasteiger partial charge in [0.2, 0.25) is 0 Å². The molecule has 1 aliphatic carbocycles. The van der Waals surface area contributed by atoms with Gasteiger partial charge in [0.15, 0.2) is 11.5 Å². The van der Waals surface area contributed by atoms with Crippen LogP contribution in [-0.2, 0) is 13.0 Å². The van der Waals surface area contributed by atoms with Crippen LogP contribution in [0.2, 0.25) is 0 Å². The summed E-state index contributed by atoms with van der Waals surface area (Å²) >= 11 is 0. The molecule has 41 heavy (non-hydrogen) atoms. The molecule has 4 aliphatic heterocycles. The quantitative estimate of drug-likeness (QED) is 0.360. The third-order valence-electron chi connectivity index (χ3n) is 9.33. The standard InChI is InChI=1S/C31H31F2N7O/c32-19-15-25-27(34-18-39(25)17-19)29(28-26(33)22-3-1-2-4-23(22)35-28)36-30(41)24-16-21(40(37-24)20-5-6-20)7-8-31-9-12-38(13-10-31)14-11-31/h1-4,16,18-20,29,35H,5-6,9-15,17H2,(H,36,41)/t19-,29?/m1/s1. The van der Waals surface area contributed by atoms with Gasteiger partial charge in [-0.05, 0) is 69.8 Å². The number of carbonyl (C=O) groups excluding carboxylic acids is 1. The Kier molecular flexibility index (Phi) is 5.61. The molecule has 4 aromatic rings. The van der Waals surface area contributed by atoms with Crippen LogP contribution in [0.15, 0.2) is 36.7 Å². The number of fused-ring (bicyclic) bond motifs is 5. The van der Waals surface area contributed by atoms with Gasteiger partial charge in [-0.15, -0.1) is 0 Å². The number of rotatable bonds is 5. The average molecular weight is 556 g/mol. The van der Waals surface area contributed by atoms with Crippen LogP contribution in [0.1, 0.15) is 77.5 Å². The van der Waals surface area contributed by atoms with Crippen LogP contribution in [0.25, 0.3) is 10.9 Å². The number of halogens is 2. The van der Waals surface area contributed by atoms with Crippen molar-refractivity contribution in [2.24, 2.45) is 5.41 Å². The number of piperidine rings is 3. The fourth-order valence-corrected chi connectivity index (χ4v) is 6.75. The van der Waals surface area contributed by atoms with Gasteiger partial charge >= 0.3 is 0 Å². The van der Waals surface area contributed by atoms with Gasteiger partial charge < -0.3 is 19.8 Å². The third-order valence-corrected chi connectivity index (χ3v) is 9.33. The zero-order valence-corrected chi connectivity index (χ0v) is 22.7. The van der Waals surface area contributed by atoms with E-state index >= 15 is 4.39 Å². The second-order valence-electron chi connectivity index (χ2n) is 12.0. The Morgan fingerprint density at radius 2 is 1.95 bits per heavy atom. The van der Waals surface area contributed by atoms with Crippen molar-refractivity contribution < 1.29 is 13.6 Å². The zero-order valence-electron chi connectivity index (χ0n) is 22.7. The number of imidazole rings is 1. The Hall–Kier alpha value is -3.97. The Bertz CT molecular complexity index is 1710. The van der Waals surface area contributed by atoms with Crippen molar-refractivity contribution in [3.63, 3.8) is 0 Å². The number of nitrogens with one attached hydrogen (secondary N) is 2. The predicted molar refractivity (Wildman–Crippen MR) is 148 cm³/mol. The monoisotopic (exact) mass is 555 g/mol. The first-order valence-corrected chi connectivity index (χ1v) is 14.6. The first-order chi connectivity index (χ1) is 20.0. The summed E-state index contributed by atoms with van der Waals surface area (Å²) < 4.78 is 33.7. The van der Waals surface area contributed by atoms with Gasteiger partial charge in [0, 0.05) is 34.5 Å². The van der Waals surface area contributed by atoms with Gasteiger partial charge in [-0.25, -0.2) is 13.8 Å². The largest absolute Gasteiger partial charge is 0.354 e. The van der Waals surface area contributed by atoms with Crippen molar-refractivity contribution in [3.8, 4) is 11.8 Å². The van der Waals surface area contributed by atoms with Crippen molar-refractivity contribution in [2.45, 2.75) is 63.3 Å². The molecule has 2 bridgehead atoms. The Morgan fingerprint density at radius 1 is 1.17 bits per heavy atom. The zero-order chi connectivity index (χ0) is 27.7. The van der Waals surface area contributed by atoms with Crippen LogP contribution in [-0.4, -0.2) is 60.9 Å². The molecular weight excluding hydrogens is 524 g/mol. The fraction of sp³-hybridized carbons (Fsp3) is 0.452. The predicted octanol–water partition coefficient (Wildman–Crippen LogP) is 4.29. The lowest BCUT2D eigenvalue weighted by molar-refractivity contribution is 0.0680. The number of para-hydroxylation sites is 1. The molecule has 7 heterocycles. The second kappa shape index (κ2) is 9.28. The van der Waals surface area contributed by atoms with E-state index in [9.17, 15) is 9.18 Å². The van der Waals surface area contributed by atoms with Gasteiger partial charge in [-0.3, -0.25) is 9.48 Å². The number of nitrogens with zero attached hydrogens (tertiary/aromatic N) is 5. The van der Waals surface area contributed by atoms with E-state index in [1.807, 2.05) is 10.7 Å². The average Bonchev–Trinajstić information content (AvgIpc) is 3.29. The van der Waals surface area contributed by atoms with Gasteiger partial charge in [0.1, 0.15) is 17.9 Å². The van der Waals surface area contributed by atoms with E-state index in [0.717, 1.165) is 57.4 Å². The smallest absolute Gasteiger partial charge is 0.272 e. The summed E-state index contributed by atoms with van der Waals surface area (Å²) in [5.74, 6) is 6.08. The first-order valence-electron chi connectivity index (χ1n) is 14.6. The molecule has 1 unspecified atom stereocenters. The Morgan fingerprint density at radius 3 is 2.71 bits per heavy atom. The van der Waals surface area contributed by atoms with E-state index in [2.05, 4.69) is 37.1 Å². The van der Waals surface area contributed by atoms with E-state index in [4.69, 9.17) is 0 Å². The Labute approximate surface area is 236 Å². The van der Waals surface area contributed by atoms with Crippen LogP contribution >= 0.6 is 0 Å². The highest BCUT2D eigenvalue weighted by atomic mass is 19.1. The minimum Gasteiger partial charge on any atom is -0.354 e. The molecule has 5 aliphatic rings. The number of alkyl halides is 1. The Balaban J connectivity index is 1.15. The molecule has 2 atom stereocenters. The second-order valence-corrected chi connectivity index (χ2v) is 12.0. The lowest BCUT2D eigenvalue weighted by Gasteiger charge is -2.45. The number of H-pyrrole nitrogens is 1. The molecule has 2 N–H and O–H groups in total. The molecule has 1 saturated carbocycles. The number of amides is 1. The summed E-state index contributed by atoms with van der Waals surface area (Å²) in [5, 5.41) is 8.09. The van der Waals surface area contributed by atoms with Gasteiger partial charge in [-0.2, -0.15) is 5.10 Å². The van der Waals surface area contributed by atoms with E-state index in [-0.39, 0.29) is 35.8 Å². The number of hydrogen-bond donors (Lipinski definition) is 2. The van der Waals surface area contributed by atoms with Crippen molar-refractivity contribution >= 4 is 16.8 Å². The molecule has 1 aromatic carbocycles. The SMILES string of the molecule is O=C(NC(c1ncn2c1C[C@@H](F)C2)c1[nH]c2ccccc2c1F)c1cc(C#CC23CCN(CC2)CC3)n(C2CC2)n1. The summed E-state index contributed by atoms with van der Waals surface area (Å²) in [5.41, 5.74) is 2.93. The van der Waals surface area contributed by atoms with Crippen LogP contribution in [0.4, 0.5) is 8.78 Å². The van der Waals surface area contributed by atoms with E-state index in [1.165, 1.54) is 0 Å². The highest BCUT2D eigenvalue weighted by Gasteiger charge is 2.38. The molecule has 8 nitrogen and oxygen atoms in total. The van der Waals surface area contributed by atoms with Crippen LogP contribution in [0.5, 0.6) is 0 Å². The van der Waals surface area contributed by atoms with Gasteiger partial charge in [0.25, 0.3) is 5.91 Å². The minimum atomic E-state index is -1.04. The molecule has 3 saturated heterocycles. The van der Waals surface area contributed by atoms with Gasteiger partial charge in [-0.1, -0.05) is 18.1 Å². The van der Waals surface area contributed by atoms with E-state index in [1.54, 1.807) is 35.2 Å². The van der Waals surface area contributed by atoms with Crippen molar-refractivity contribution in [2.75, 3.05) is 19.6 Å². The van der Waals surface area contributed by atoms with Crippen LogP contribution in [0.3, 0.4) is 0 Å². The van der Waals surface area contributed by atoms with Crippen molar-refractivity contribution in [1.82, 2.24) is 34.5 Å². The van der Waals surface area contributed by atoms with Crippen molar-refractivity contribution in [3.05, 3.63) is 70.9 Å². The summed E-state index contributed by atoms with van der Waals surface area (Å²) in [6.07, 6.45) is 5.94. The number of aromatic nitrogens is 5. The maximum Gasteiger partial charge on any atom is 0.272 e. The molecule has 3 aromatic heterocycles. The van der Waals surface area contributed by atoms with Crippen molar-refractivity contribution in [1.29, 1.82) is 0 Å². The number of aromatic amines is 1. The molecule has 210 valence electrons. The molecule has 4 fully saturated rings. The van der Waals surface area contributed by atoms with Gasteiger partial charge in [0.05, 0.1) is 30.3 Å². The van der Waals surface area contributed by atoms with E-state index < -0.39 is 23.9 Å². The van der Waals surface area contributed by atoms with Crippen LogP contribution in [0, 0.1) is 23.1 Å². The summed E-state index contributed by atoms with van der Waals surface area (Å²) in [7, 11) is 0. The van der Waals surface area contributed by atoms with E-state index in [0.29, 0.717) is 22.3 Å². The normalized spacial score (nSPS) is 25.6. The highest BCUT2D eigenvalue weighted by Crippen LogP contribution is 2.40. The molecule has 9 rings (SSSR count). The summed E-state index contributed by atoms with van der Waals surface area (Å²) in [4.78, 5) is 23.9. The number of benzene rings is 1. The lowest BCUT2D eigenvalue weighted by Crippen LogP contribution is -2.47.